The molecule has 0 radical (unpaired) electrons. The van der Waals surface area contributed by atoms with Crippen molar-refractivity contribution in [2.24, 2.45) is 0 Å². The molecule has 0 saturated carbocycles. The van der Waals surface area contributed by atoms with Crippen LogP contribution in [-0.2, 0) is 11.3 Å². The average Bonchev–Trinajstić information content (AvgIpc) is 2.46. The van der Waals surface area contributed by atoms with Crippen molar-refractivity contribution in [2.45, 2.75) is 19.4 Å². The summed E-state index contributed by atoms with van der Waals surface area (Å²) >= 11 is 3.30. The van der Waals surface area contributed by atoms with E-state index in [1.54, 1.807) is 13.0 Å². The molecule has 2 rings (SSSR count). The number of carbonyl (C=O) groups is 1. The van der Waals surface area contributed by atoms with Crippen LogP contribution in [0.5, 0.6) is 0 Å². The minimum atomic E-state index is -0.837. The Hall–Kier alpha value is -1.88. The van der Waals surface area contributed by atoms with Crippen LogP contribution in [0.4, 0.5) is 10.1 Å². The molecule has 0 saturated heterocycles. The molecule has 0 heterocycles. The molecule has 0 fully saturated rings. The summed E-state index contributed by atoms with van der Waals surface area (Å²) in [6, 6.07) is 11.9. The second-order valence-electron chi connectivity index (χ2n) is 4.78. The number of carboxylic acids is 1. The molecule has 0 aromatic heterocycles. The number of hydrogen-bond acceptors (Lipinski definition) is 2. The Morgan fingerprint density at radius 1 is 1.29 bits per heavy atom. The van der Waals surface area contributed by atoms with Gasteiger partial charge in [-0.15, -0.1) is 0 Å². The molecule has 0 aliphatic heterocycles. The molecule has 2 aromatic carbocycles. The van der Waals surface area contributed by atoms with Gasteiger partial charge in [0.05, 0.1) is 5.92 Å². The Morgan fingerprint density at radius 2 is 1.95 bits per heavy atom. The van der Waals surface area contributed by atoms with E-state index >= 15 is 0 Å². The van der Waals surface area contributed by atoms with Gasteiger partial charge in [0.2, 0.25) is 0 Å². The molecule has 2 N–H and O–H groups in total. The van der Waals surface area contributed by atoms with E-state index in [4.69, 9.17) is 5.11 Å². The molecular formula is C16H15BrFNO2. The summed E-state index contributed by atoms with van der Waals surface area (Å²) in [5.41, 5.74) is 2.60. The van der Waals surface area contributed by atoms with Crippen molar-refractivity contribution in [3.63, 3.8) is 0 Å². The second-order valence-corrected chi connectivity index (χ2v) is 5.63. The van der Waals surface area contributed by atoms with Crippen LogP contribution in [0.2, 0.25) is 0 Å². The highest BCUT2D eigenvalue weighted by Gasteiger charge is 2.12. The normalized spacial score (nSPS) is 12.0. The van der Waals surface area contributed by atoms with Gasteiger partial charge in [-0.2, -0.15) is 0 Å². The molecule has 1 unspecified atom stereocenters. The Morgan fingerprint density at radius 3 is 2.52 bits per heavy atom. The summed E-state index contributed by atoms with van der Waals surface area (Å²) in [5, 5.41) is 12.2. The zero-order chi connectivity index (χ0) is 15.4. The molecule has 0 aliphatic carbocycles. The van der Waals surface area contributed by atoms with E-state index in [-0.39, 0.29) is 5.82 Å². The van der Waals surface area contributed by atoms with Crippen molar-refractivity contribution in [3.05, 3.63) is 63.9 Å². The minimum absolute atomic E-state index is 0.292. The molecule has 1 atom stereocenters. The van der Waals surface area contributed by atoms with E-state index in [9.17, 15) is 9.18 Å². The first-order valence-electron chi connectivity index (χ1n) is 6.48. The lowest BCUT2D eigenvalue weighted by Gasteiger charge is -2.10. The quantitative estimate of drug-likeness (QED) is 0.839. The fraction of sp³-hybridized carbons (Fsp3) is 0.188. The number of anilines is 1. The topological polar surface area (TPSA) is 49.3 Å². The maximum atomic E-state index is 13.0. The predicted octanol–water partition coefficient (Wildman–Crippen LogP) is 4.39. The number of hydrogen-bond donors (Lipinski definition) is 2. The number of carboxylic acid groups (broad SMARTS) is 1. The van der Waals surface area contributed by atoms with Crippen LogP contribution in [-0.4, -0.2) is 11.1 Å². The number of benzene rings is 2. The van der Waals surface area contributed by atoms with Gasteiger partial charge in [0.15, 0.2) is 0 Å². The van der Waals surface area contributed by atoms with E-state index < -0.39 is 11.9 Å². The van der Waals surface area contributed by atoms with Gasteiger partial charge in [0, 0.05) is 16.7 Å². The molecular weight excluding hydrogens is 337 g/mol. The molecule has 3 nitrogen and oxygen atoms in total. The second kappa shape index (κ2) is 6.72. The van der Waals surface area contributed by atoms with Crippen LogP contribution in [0.3, 0.4) is 0 Å². The number of nitrogens with one attached hydrogen (secondary N) is 1. The summed E-state index contributed by atoms with van der Waals surface area (Å²) < 4.78 is 13.7. The third kappa shape index (κ3) is 4.04. The van der Waals surface area contributed by atoms with Crippen LogP contribution in [0.15, 0.2) is 46.9 Å². The summed E-state index contributed by atoms with van der Waals surface area (Å²) in [6.45, 7) is 2.23. The monoisotopic (exact) mass is 351 g/mol. The Bertz CT molecular complexity index is 643. The summed E-state index contributed by atoms with van der Waals surface area (Å²) in [7, 11) is 0. The molecule has 0 spiro atoms. The smallest absolute Gasteiger partial charge is 0.310 e. The first-order valence-corrected chi connectivity index (χ1v) is 7.27. The maximum absolute atomic E-state index is 13.0. The van der Waals surface area contributed by atoms with Crippen molar-refractivity contribution < 1.29 is 14.3 Å². The van der Waals surface area contributed by atoms with Gasteiger partial charge in [0.25, 0.3) is 0 Å². The Balaban J connectivity index is 2.02. The van der Waals surface area contributed by atoms with Crippen molar-refractivity contribution in [3.8, 4) is 0 Å². The Labute approximate surface area is 130 Å². The first-order chi connectivity index (χ1) is 9.97. The van der Waals surface area contributed by atoms with Gasteiger partial charge in [-0.25, -0.2) is 4.39 Å². The molecule has 0 bridgehead atoms. The fourth-order valence-corrected chi connectivity index (χ4v) is 2.39. The molecule has 2 aromatic rings. The summed E-state index contributed by atoms with van der Waals surface area (Å²) in [5.74, 6) is -1.64. The van der Waals surface area contributed by atoms with E-state index in [0.717, 1.165) is 16.8 Å². The van der Waals surface area contributed by atoms with Gasteiger partial charge in [-0.1, -0.05) is 24.3 Å². The maximum Gasteiger partial charge on any atom is 0.310 e. The van der Waals surface area contributed by atoms with Crippen LogP contribution in [0, 0.1) is 5.82 Å². The number of rotatable bonds is 5. The first kappa shape index (κ1) is 15.5. The lowest BCUT2D eigenvalue weighted by atomic mass is 10.00. The lowest BCUT2D eigenvalue weighted by Crippen LogP contribution is -2.07. The van der Waals surface area contributed by atoms with Gasteiger partial charge in [-0.05, 0) is 52.2 Å². The largest absolute Gasteiger partial charge is 0.481 e. The number of halogens is 2. The third-order valence-electron chi connectivity index (χ3n) is 3.26. The van der Waals surface area contributed by atoms with Gasteiger partial charge in [-0.3, -0.25) is 4.79 Å². The van der Waals surface area contributed by atoms with Crippen molar-refractivity contribution in [1.82, 2.24) is 0 Å². The van der Waals surface area contributed by atoms with Crippen molar-refractivity contribution in [2.75, 3.05) is 5.32 Å². The van der Waals surface area contributed by atoms with E-state index in [2.05, 4.69) is 21.2 Å². The molecule has 5 heteroatoms. The summed E-state index contributed by atoms with van der Waals surface area (Å²) in [4.78, 5) is 10.9. The van der Waals surface area contributed by atoms with Gasteiger partial charge in [0.1, 0.15) is 5.82 Å². The van der Waals surface area contributed by atoms with E-state index in [1.807, 2.05) is 24.3 Å². The van der Waals surface area contributed by atoms with Crippen molar-refractivity contribution >= 4 is 27.6 Å². The van der Waals surface area contributed by atoms with Gasteiger partial charge < -0.3 is 10.4 Å². The highest BCUT2D eigenvalue weighted by atomic mass is 79.9. The zero-order valence-electron chi connectivity index (χ0n) is 11.4. The van der Waals surface area contributed by atoms with E-state index in [1.165, 1.54) is 12.1 Å². The summed E-state index contributed by atoms with van der Waals surface area (Å²) in [6.07, 6.45) is 0. The van der Waals surface area contributed by atoms with Gasteiger partial charge >= 0.3 is 5.97 Å². The predicted molar refractivity (Wildman–Crippen MR) is 83.9 cm³/mol. The van der Waals surface area contributed by atoms with Crippen LogP contribution < -0.4 is 5.32 Å². The standard InChI is InChI=1S/C16H15BrFNO2/c1-10(16(20)21)12-4-2-11(3-5-12)9-19-15-7-6-13(18)8-14(15)17/h2-8,10,19H,9H2,1H3,(H,20,21). The third-order valence-corrected chi connectivity index (χ3v) is 3.92. The molecule has 0 aliphatic rings. The highest BCUT2D eigenvalue weighted by molar-refractivity contribution is 9.10. The molecule has 110 valence electrons. The minimum Gasteiger partial charge on any atom is -0.481 e. The Kier molecular flexibility index (Phi) is 4.96. The molecule has 21 heavy (non-hydrogen) atoms. The average molecular weight is 352 g/mol. The van der Waals surface area contributed by atoms with Crippen LogP contribution in [0.1, 0.15) is 24.0 Å². The molecule has 0 amide bonds. The van der Waals surface area contributed by atoms with Crippen LogP contribution >= 0.6 is 15.9 Å². The van der Waals surface area contributed by atoms with Crippen LogP contribution in [0.25, 0.3) is 0 Å². The lowest BCUT2D eigenvalue weighted by molar-refractivity contribution is -0.138. The zero-order valence-corrected chi connectivity index (χ0v) is 13.0. The fourth-order valence-electron chi connectivity index (χ4n) is 1.90. The number of aliphatic carboxylic acids is 1. The SMILES string of the molecule is CC(C(=O)O)c1ccc(CNc2ccc(F)cc2Br)cc1. The highest BCUT2D eigenvalue weighted by Crippen LogP contribution is 2.24. The van der Waals surface area contributed by atoms with E-state index in [0.29, 0.717) is 11.0 Å². The van der Waals surface area contributed by atoms with Crippen molar-refractivity contribution in [1.29, 1.82) is 0 Å².